The molecule has 16 heavy (non-hydrogen) atoms. The number of aryl methyl sites for hydroxylation is 1. The SMILES string of the molecule is CCc1c(C)nc(N2CCNCC2)[nH]c1=O. The number of aromatic nitrogens is 2. The average molecular weight is 222 g/mol. The number of hydrogen-bond acceptors (Lipinski definition) is 4. The number of hydrogen-bond donors (Lipinski definition) is 2. The van der Waals surface area contributed by atoms with Crippen LogP contribution in [-0.4, -0.2) is 36.1 Å². The fraction of sp³-hybridized carbons (Fsp3) is 0.636. The van der Waals surface area contributed by atoms with E-state index in [4.69, 9.17) is 0 Å². The largest absolute Gasteiger partial charge is 0.340 e. The van der Waals surface area contributed by atoms with Crippen molar-refractivity contribution in [3.8, 4) is 0 Å². The van der Waals surface area contributed by atoms with Crippen LogP contribution >= 0.6 is 0 Å². The van der Waals surface area contributed by atoms with Crippen LogP contribution in [0.5, 0.6) is 0 Å². The molecular weight excluding hydrogens is 204 g/mol. The third-order valence-corrected chi connectivity index (χ3v) is 2.98. The van der Waals surface area contributed by atoms with Crippen molar-refractivity contribution in [1.29, 1.82) is 0 Å². The summed E-state index contributed by atoms with van der Waals surface area (Å²) in [7, 11) is 0. The fourth-order valence-corrected chi connectivity index (χ4v) is 2.04. The summed E-state index contributed by atoms with van der Waals surface area (Å²) in [6.07, 6.45) is 0.732. The predicted molar refractivity (Wildman–Crippen MR) is 64.1 cm³/mol. The van der Waals surface area contributed by atoms with Crippen molar-refractivity contribution in [3.63, 3.8) is 0 Å². The van der Waals surface area contributed by atoms with Gasteiger partial charge in [0.15, 0.2) is 0 Å². The second-order valence-corrected chi connectivity index (χ2v) is 4.04. The normalized spacial score (nSPS) is 16.5. The van der Waals surface area contributed by atoms with Gasteiger partial charge >= 0.3 is 0 Å². The quantitative estimate of drug-likeness (QED) is 0.742. The summed E-state index contributed by atoms with van der Waals surface area (Å²) in [5, 5.41) is 3.27. The minimum Gasteiger partial charge on any atom is -0.340 e. The molecule has 2 N–H and O–H groups in total. The van der Waals surface area contributed by atoms with Crippen LogP contribution in [0.1, 0.15) is 18.2 Å². The summed E-state index contributed by atoms with van der Waals surface area (Å²) < 4.78 is 0. The van der Waals surface area contributed by atoms with E-state index < -0.39 is 0 Å². The number of aromatic amines is 1. The molecule has 1 aromatic heterocycles. The summed E-state index contributed by atoms with van der Waals surface area (Å²) >= 11 is 0. The van der Waals surface area contributed by atoms with Crippen LogP contribution in [0.15, 0.2) is 4.79 Å². The lowest BCUT2D eigenvalue weighted by molar-refractivity contribution is 0.578. The first kappa shape index (κ1) is 11.1. The fourth-order valence-electron chi connectivity index (χ4n) is 2.04. The Bertz CT molecular complexity index is 420. The molecule has 2 heterocycles. The van der Waals surface area contributed by atoms with Crippen molar-refractivity contribution < 1.29 is 0 Å². The molecule has 5 heteroatoms. The van der Waals surface area contributed by atoms with E-state index in [2.05, 4.69) is 20.2 Å². The van der Waals surface area contributed by atoms with E-state index in [1.807, 2.05) is 13.8 Å². The first-order valence-electron chi connectivity index (χ1n) is 5.78. The average Bonchev–Trinajstić information content (AvgIpc) is 2.30. The molecule has 0 spiro atoms. The number of H-pyrrole nitrogens is 1. The molecule has 0 bridgehead atoms. The Kier molecular flexibility index (Phi) is 3.24. The highest BCUT2D eigenvalue weighted by Gasteiger charge is 2.14. The zero-order valence-electron chi connectivity index (χ0n) is 9.84. The lowest BCUT2D eigenvalue weighted by Gasteiger charge is -2.28. The molecule has 1 aromatic rings. The van der Waals surface area contributed by atoms with Gasteiger partial charge in [-0.2, -0.15) is 0 Å². The molecule has 0 amide bonds. The Morgan fingerprint density at radius 3 is 2.62 bits per heavy atom. The number of nitrogens with one attached hydrogen (secondary N) is 2. The van der Waals surface area contributed by atoms with Crippen LogP contribution in [-0.2, 0) is 6.42 Å². The molecule has 1 fully saturated rings. The van der Waals surface area contributed by atoms with E-state index in [1.54, 1.807) is 0 Å². The smallest absolute Gasteiger partial charge is 0.255 e. The third-order valence-electron chi connectivity index (χ3n) is 2.98. The number of rotatable bonds is 2. The Hall–Kier alpha value is -1.36. The van der Waals surface area contributed by atoms with E-state index in [0.29, 0.717) is 5.95 Å². The Morgan fingerprint density at radius 1 is 1.38 bits per heavy atom. The summed E-state index contributed by atoms with van der Waals surface area (Å²) in [5.74, 6) is 0.709. The number of nitrogens with zero attached hydrogens (tertiary/aromatic N) is 2. The molecule has 0 unspecified atom stereocenters. The van der Waals surface area contributed by atoms with Crippen molar-refractivity contribution >= 4 is 5.95 Å². The highest BCUT2D eigenvalue weighted by molar-refractivity contribution is 5.33. The zero-order chi connectivity index (χ0) is 11.5. The van der Waals surface area contributed by atoms with E-state index in [0.717, 1.165) is 43.9 Å². The van der Waals surface area contributed by atoms with Gasteiger partial charge in [-0.25, -0.2) is 4.98 Å². The lowest BCUT2D eigenvalue weighted by Crippen LogP contribution is -2.45. The highest BCUT2D eigenvalue weighted by atomic mass is 16.1. The first-order chi connectivity index (χ1) is 7.72. The van der Waals surface area contributed by atoms with Gasteiger partial charge in [-0.15, -0.1) is 0 Å². The molecule has 0 saturated carbocycles. The van der Waals surface area contributed by atoms with Crippen molar-refractivity contribution in [1.82, 2.24) is 15.3 Å². The topological polar surface area (TPSA) is 61.0 Å². The van der Waals surface area contributed by atoms with E-state index in [-0.39, 0.29) is 5.56 Å². The van der Waals surface area contributed by atoms with Gasteiger partial charge in [-0.05, 0) is 13.3 Å². The van der Waals surface area contributed by atoms with Gasteiger partial charge in [0.1, 0.15) is 0 Å². The molecule has 1 aliphatic rings. The maximum absolute atomic E-state index is 11.8. The van der Waals surface area contributed by atoms with Gasteiger partial charge in [0.25, 0.3) is 5.56 Å². The van der Waals surface area contributed by atoms with Gasteiger partial charge in [0.2, 0.25) is 5.95 Å². The Labute approximate surface area is 94.9 Å². The lowest BCUT2D eigenvalue weighted by atomic mass is 10.2. The van der Waals surface area contributed by atoms with Crippen molar-refractivity contribution in [2.75, 3.05) is 31.1 Å². The molecule has 5 nitrogen and oxygen atoms in total. The van der Waals surface area contributed by atoms with Gasteiger partial charge < -0.3 is 10.2 Å². The van der Waals surface area contributed by atoms with E-state index in [1.165, 1.54) is 0 Å². The Morgan fingerprint density at radius 2 is 2.06 bits per heavy atom. The van der Waals surface area contributed by atoms with Crippen LogP contribution in [0.2, 0.25) is 0 Å². The molecular formula is C11H18N4O. The molecule has 2 rings (SSSR count). The monoisotopic (exact) mass is 222 g/mol. The summed E-state index contributed by atoms with van der Waals surface area (Å²) in [4.78, 5) is 21.3. The standard InChI is InChI=1S/C11H18N4O/c1-3-9-8(2)13-11(14-10(9)16)15-6-4-12-5-7-15/h12H,3-7H2,1-2H3,(H,13,14,16). The summed E-state index contributed by atoms with van der Waals surface area (Å²) in [6.45, 7) is 7.56. The Balaban J connectivity index is 2.31. The second kappa shape index (κ2) is 4.65. The van der Waals surface area contributed by atoms with Crippen LogP contribution in [0.3, 0.4) is 0 Å². The van der Waals surface area contributed by atoms with Crippen LogP contribution < -0.4 is 15.8 Å². The van der Waals surface area contributed by atoms with Gasteiger partial charge in [-0.3, -0.25) is 9.78 Å². The minimum atomic E-state index is 0.00327. The van der Waals surface area contributed by atoms with E-state index in [9.17, 15) is 4.79 Å². The van der Waals surface area contributed by atoms with Crippen LogP contribution in [0, 0.1) is 6.92 Å². The third kappa shape index (κ3) is 2.09. The summed E-state index contributed by atoms with van der Waals surface area (Å²) in [6, 6.07) is 0. The number of piperazine rings is 1. The first-order valence-corrected chi connectivity index (χ1v) is 5.78. The van der Waals surface area contributed by atoms with Crippen molar-refractivity contribution in [2.24, 2.45) is 0 Å². The second-order valence-electron chi connectivity index (χ2n) is 4.04. The molecule has 1 aliphatic heterocycles. The zero-order valence-corrected chi connectivity index (χ0v) is 9.84. The van der Waals surface area contributed by atoms with Gasteiger partial charge in [0.05, 0.1) is 0 Å². The van der Waals surface area contributed by atoms with Crippen molar-refractivity contribution in [2.45, 2.75) is 20.3 Å². The van der Waals surface area contributed by atoms with E-state index >= 15 is 0 Å². The molecule has 0 aliphatic carbocycles. The molecule has 0 radical (unpaired) electrons. The minimum absolute atomic E-state index is 0.00327. The van der Waals surface area contributed by atoms with Crippen LogP contribution in [0.25, 0.3) is 0 Å². The molecule has 1 saturated heterocycles. The van der Waals surface area contributed by atoms with Crippen molar-refractivity contribution in [3.05, 3.63) is 21.6 Å². The maximum Gasteiger partial charge on any atom is 0.255 e. The maximum atomic E-state index is 11.8. The molecule has 88 valence electrons. The van der Waals surface area contributed by atoms with Gasteiger partial charge in [0, 0.05) is 37.4 Å². The summed E-state index contributed by atoms with van der Waals surface area (Å²) in [5.41, 5.74) is 1.64. The molecule has 0 atom stereocenters. The highest BCUT2D eigenvalue weighted by Crippen LogP contribution is 2.08. The van der Waals surface area contributed by atoms with Crippen LogP contribution in [0.4, 0.5) is 5.95 Å². The number of anilines is 1. The van der Waals surface area contributed by atoms with Gasteiger partial charge in [-0.1, -0.05) is 6.92 Å². The predicted octanol–water partition coefficient (Wildman–Crippen LogP) is 0.0503. The molecule has 0 aromatic carbocycles.